The highest BCUT2D eigenvalue weighted by atomic mass is 32.2. The molecule has 3 aliphatic rings. The lowest BCUT2D eigenvalue weighted by atomic mass is 10.2. The molecule has 1 aromatic heterocycles. The highest BCUT2D eigenvalue weighted by Crippen LogP contribution is 2.34. The Labute approximate surface area is 193 Å². The minimum absolute atomic E-state index is 0.0200. The van der Waals surface area contributed by atoms with Crippen LogP contribution in [0.3, 0.4) is 0 Å². The first-order chi connectivity index (χ1) is 16.0. The molecular weight excluding hydrogens is 477 g/mol. The second kappa shape index (κ2) is 7.89. The Morgan fingerprint density at radius 1 is 1.18 bits per heavy atom. The summed E-state index contributed by atoms with van der Waals surface area (Å²) in [4.78, 5) is 27.6. The average molecular weight is 498 g/mol. The number of anilines is 2. The highest BCUT2D eigenvalue weighted by Gasteiger charge is 2.44. The quantitative estimate of drug-likeness (QED) is 0.636. The van der Waals surface area contributed by atoms with E-state index in [-0.39, 0.29) is 43.3 Å². The number of rotatable bonds is 2. The van der Waals surface area contributed by atoms with Gasteiger partial charge in [0.15, 0.2) is 17.5 Å². The molecule has 2 aromatic rings. The van der Waals surface area contributed by atoms with Crippen molar-refractivity contribution in [2.24, 2.45) is 0 Å². The number of nitrogens with one attached hydrogen (secondary N) is 1. The summed E-state index contributed by atoms with van der Waals surface area (Å²) in [6, 6.07) is 0.0592. The molecule has 0 radical (unpaired) electrons. The van der Waals surface area contributed by atoms with Crippen molar-refractivity contribution in [1.29, 1.82) is 0 Å². The second-order valence-corrected chi connectivity index (χ2v) is 10.5. The summed E-state index contributed by atoms with van der Waals surface area (Å²) >= 11 is 0. The normalized spacial score (nSPS) is 23.6. The third-order valence-corrected chi connectivity index (χ3v) is 8.07. The molecule has 5 rings (SSSR count). The first-order valence-corrected chi connectivity index (χ1v) is 12.2. The Morgan fingerprint density at radius 3 is 2.59 bits per heavy atom. The number of benzene rings is 1. The molecular formula is C20H21F3N6O4S. The standard InChI is InChI=1S/C20H21F3N6O4S/c1-11-7-28-17(9-26(11)20(31)25-12-4-14(21)19(23)15(22)5-12)16(6-24-28)29-8-13-2-3-18(30)27(13)10-34(29,32)33/h4-6,11,13H,2-3,7-10H2,1H3,(H,25,31)/t11-,13?/m0/s1. The maximum Gasteiger partial charge on any atom is 0.322 e. The van der Waals surface area contributed by atoms with Crippen molar-refractivity contribution in [3.63, 3.8) is 0 Å². The number of carbonyl (C=O) groups is 2. The van der Waals surface area contributed by atoms with Crippen molar-refractivity contribution in [1.82, 2.24) is 19.6 Å². The smallest absolute Gasteiger partial charge is 0.322 e. The van der Waals surface area contributed by atoms with Gasteiger partial charge in [0.2, 0.25) is 5.91 Å². The molecule has 3 aliphatic heterocycles. The van der Waals surface area contributed by atoms with E-state index < -0.39 is 39.4 Å². The number of nitrogens with zero attached hydrogens (tertiary/aromatic N) is 5. The third kappa shape index (κ3) is 3.65. The van der Waals surface area contributed by atoms with Crippen LogP contribution < -0.4 is 9.62 Å². The Bertz CT molecular complexity index is 1280. The number of halogens is 3. The molecule has 0 bridgehead atoms. The molecule has 0 saturated carbocycles. The summed E-state index contributed by atoms with van der Waals surface area (Å²) < 4.78 is 69.1. The fourth-order valence-electron chi connectivity index (χ4n) is 4.65. The van der Waals surface area contributed by atoms with E-state index in [1.807, 2.05) is 0 Å². The molecule has 4 heterocycles. The average Bonchev–Trinajstić information content (AvgIpc) is 3.32. The summed E-state index contributed by atoms with van der Waals surface area (Å²) in [7, 11) is -3.83. The zero-order valence-electron chi connectivity index (χ0n) is 18.0. The van der Waals surface area contributed by atoms with Gasteiger partial charge in [-0.15, -0.1) is 0 Å². The van der Waals surface area contributed by atoms with Gasteiger partial charge in [0.25, 0.3) is 10.0 Å². The monoisotopic (exact) mass is 498 g/mol. The van der Waals surface area contributed by atoms with Crippen LogP contribution in [0.2, 0.25) is 0 Å². The van der Waals surface area contributed by atoms with Gasteiger partial charge in [-0.05, 0) is 13.3 Å². The fraction of sp³-hybridized carbons (Fsp3) is 0.450. The molecule has 1 unspecified atom stereocenters. The SMILES string of the molecule is C[C@H]1Cn2ncc(N3CC4CCC(=O)N4CS3(=O)=O)c2CN1C(=O)Nc1cc(F)c(F)c(F)c1. The van der Waals surface area contributed by atoms with E-state index in [4.69, 9.17) is 0 Å². The molecule has 0 aliphatic carbocycles. The summed E-state index contributed by atoms with van der Waals surface area (Å²) in [5, 5.41) is 6.65. The van der Waals surface area contributed by atoms with Crippen molar-refractivity contribution >= 4 is 33.3 Å². The van der Waals surface area contributed by atoms with Crippen LogP contribution in [-0.4, -0.2) is 64.4 Å². The highest BCUT2D eigenvalue weighted by molar-refractivity contribution is 7.92. The zero-order chi connectivity index (χ0) is 24.4. The zero-order valence-corrected chi connectivity index (χ0v) is 18.9. The molecule has 182 valence electrons. The van der Waals surface area contributed by atoms with Crippen molar-refractivity contribution < 1.29 is 31.2 Å². The van der Waals surface area contributed by atoms with E-state index in [1.165, 1.54) is 20.3 Å². The van der Waals surface area contributed by atoms with Gasteiger partial charge < -0.3 is 15.1 Å². The molecule has 1 N–H and O–H groups in total. The van der Waals surface area contributed by atoms with E-state index in [1.54, 1.807) is 11.6 Å². The molecule has 2 fully saturated rings. The van der Waals surface area contributed by atoms with Crippen LogP contribution in [0, 0.1) is 17.5 Å². The van der Waals surface area contributed by atoms with E-state index in [0.717, 1.165) is 0 Å². The van der Waals surface area contributed by atoms with Crippen molar-refractivity contribution in [2.75, 3.05) is 22.0 Å². The van der Waals surface area contributed by atoms with Crippen LogP contribution in [-0.2, 0) is 27.9 Å². The Hall–Kier alpha value is -3.29. The number of hydrogen-bond donors (Lipinski definition) is 1. The van der Waals surface area contributed by atoms with Gasteiger partial charge in [0.05, 0.1) is 49.3 Å². The van der Waals surface area contributed by atoms with Crippen LogP contribution in [0.5, 0.6) is 0 Å². The van der Waals surface area contributed by atoms with Gasteiger partial charge in [-0.1, -0.05) is 0 Å². The topological polar surface area (TPSA) is 108 Å². The number of aromatic nitrogens is 2. The van der Waals surface area contributed by atoms with E-state index >= 15 is 0 Å². The van der Waals surface area contributed by atoms with E-state index in [9.17, 15) is 31.2 Å². The number of fused-ring (bicyclic) bond motifs is 2. The van der Waals surface area contributed by atoms with Gasteiger partial charge in [0.1, 0.15) is 5.88 Å². The Kier molecular flexibility index (Phi) is 5.22. The van der Waals surface area contributed by atoms with Crippen molar-refractivity contribution in [3.8, 4) is 0 Å². The van der Waals surface area contributed by atoms with Crippen LogP contribution in [0.1, 0.15) is 25.5 Å². The molecule has 34 heavy (non-hydrogen) atoms. The van der Waals surface area contributed by atoms with Crippen molar-refractivity contribution in [3.05, 3.63) is 41.5 Å². The second-order valence-electron chi connectivity index (χ2n) is 8.65. The predicted octanol–water partition coefficient (Wildman–Crippen LogP) is 1.83. The van der Waals surface area contributed by atoms with Crippen molar-refractivity contribution in [2.45, 2.75) is 44.9 Å². The summed E-state index contributed by atoms with van der Waals surface area (Å²) in [5.41, 5.74) is 0.547. The molecule has 0 spiro atoms. The van der Waals surface area contributed by atoms with E-state index in [2.05, 4.69) is 10.4 Å². The summed E-state index contributed by atoms with van der Waals surface area (Å²) in [5.74, 6) is -5.10. The van der Waals surface area contributed by atoms with Crippen LogP contribution in [0.15, 0.2) is 18.3 Å². The fourth-order valence-corrected chi connectivity index (χ4v) is 6.35. The largest absolute Gasteiger partial charge is 0.322 e. The maximum absolute atomic E-state index is 13.5. The molecule has 3 amide bonds. The van der Waals surface area contributed by atoms with Crippen LogP contribution in [0.4, 0.5) is 29.3 Å². The van der Waals surface area contributed by atoms with Gasteiger partial charge in [-0.3, -0.25) is 13.8 Å². The number of carbonyl (C=O) groups excluding carboxylic acids is 2. The number of sulfonamides is 1. The molecule has 14 heteroatoms. The summed E-state index contributed by atoms with van der Waals surface area (Å²) in [6.45, 7) is 2.09. The van der Waals surface area contributed by atoms with Crippen LogP contribution in [0.25, 0.3) is 0 Å². The molecule has 2 saturated heterocycles. The minimum Gasteiger partial charge on any atom is -0.322 e. The third-order valence-electron chi connectivity index (χ3n) is 6.45. The lowest BCUT2D eigenvalue weighted by molar-refractivity contribution is -0.128. The van der Waals surface area contributed by atoms with Gasteiger partial charge in [-0.25, -0.2) is 26.4 Å². The maximum atomic E-state index is 13.5. The van der Waals surface area contributed by atoms with Gasteiger partial charge in [-0.2, -0.15) is 5.10 Å². The minimum atomic E-state index is -3.83. The predicted molar refractivity (Wildman–Crippen MR) is 114 cm³/mol. The number of urea groups is 1. The lowest BCUT2D eigenvalue weighted by Crippen LogP contribution is -2.55. The van der Waals surface area contributed by atoms with Gasteiger partial charge >= 0.3 is 6.03 Å². The first-order valence-electron chi connectivity index (χ1n) is 10.6. The number of hydrogen-bond acceptors (Lipinski definition) is 5. The molecule has 10 nitrogen and oxygen atoms in total. The van der Waals surface area contributed by atoms with Crippen LogP contribution >= 0.6 is 0 Å². The summed E-state index contributed by atoms with van der Waals surface area (Å²) in [6.07, 6.45) is 2.29. The van der Waals surface area contributed by atoms with E-state index in [0.29, 0.717) is 36.4 Å². The Balaban J connectivity index is 1.40. The Morgan fingerprint density at radius 2 is 1.88 bits per heavy atom. The number of amides is 3. The lowest BCUT2D eigenvalue weighted by Gasteiger charge is -2.39. The molecule has 1 aromatic carbocycles. The van der Waals surface area contributed by atoms with Gasteiger partial charge in [0, 0.05) is 24.2 Å². The first kappa shape index (κ1) is 22.5. The molecule has 2 atom stereocenters.